The maximum Gasteiger partial charge on any atom is 0.433 e. The largest absolute Gasteiger partial charge is 0.433 e. The molecule has 1 atom stereocenters. The lowest BCUT2D eigenvalue weighted by Gasteiger charge is -2.26. The van der Waals surface area contributed by atoms with E-state index in [0.717, 1.165) is 6.07 Å². The van der Waals surface area contributed by atoms with Gasteiger partial charge in [0.2, 0.25) is 0 Å². The predicted octanol–water partition coefficient (Wildman–Crippen LogP) is 1.02. The molecule has 1 heterocycles. The molecule has 0 aromatic carbocycles. The van der Waals surface area contributed by atoms with E-state index in [1.807, 2.05) is 0 Å². The van der Waals surface area contributed by atoms with E-state index in [-0.39, 0.29) is 18.0 Å². The molecule has 3 N–H and O–H groups in total. The summed E-state index contributed by atoms with van der Waals surface area (Å²) in [4.78, 5) is 15.9. The molecule has 0 bridgehead atoms. The van der Waals surface area contributed by atoms with E-state index >= 15 is 0 Å². The molecule has 5 nitrogen and oxygen atoms in total. The summed E-state index contributed by atoms with van der Waals surface area (Å²) in [5.41, 5.74) is 3.85. The summed E-state index contributed by atoms with van der Waals surface area (Å²) >= 11 is 0. The number of amides is 1. The van der Waals surface area contributed by atoms with Crippen molar-refractivity contribution in [2.45, 2.75) is 19.1 Å². The number of nitrogens with zero attached hydrogens (tertiary/aromatic N) is 2. The highest BCUT2D eigenvalue weighted by Crippen LogP contribution is 2.30. The maximum absolute atomic E-state index is 12.6. The number of primary amides is 1. The Morgan fingerprint density at radius 1 is 1.53 bits per heavy atom. The third-order valence-corrected chi connectivity index (χ3v) is 2.69. The number of carbonyl (C=O) groups excluding carboxylic acids is 1. The first-order chi connectivity index (χ1) is 8.68. The molecule has 1 rings (SSSR count). The van der Waals surface area contributed by atoms with E-state index in [9.17, 15) is 18.0 Å². The molecule has 0 radical (unpaired) electrons. The van der Waals surface area contributed by atoms with Crippen molar-refractivity contribution in [2.75, 3.05) is 18.6 Å². The lowest BCUT2D eigenvalue weighted by molar-refractivity contribution is -0.141. The lowest BCUT2D eigenvalue weighted by Crippen LogP contribution is -2.35. The van der Waals surface area contributed by atoms with Gasteiger partial charge in [-0.2, -0.15) is 13.2 Å². The molecule has 1 unspecified atom stereocenters. The Morgan fingerprint density at radius 2 is 2.11 bits per heavy atom. The van der Waals surface area contributed by atoms with Gasteiger partial charge in [0, 0.05) is 7.05 Å². The van der Waals surface area contributed by atoms with Crippen LogP contribution < -0.4 is 10.6 Å². The third kappa shape index (κ3) is 3.34. The van der Waals surface area contributed by atoms with Gasteiger partial charge in [0.05, 0.1) is 18.2 Å². The summed E-state index contributed by atoms with van der Waals surface area (Å²) in [7, 11) is 1.43. The summed E-state index contributed by atoms with van der Waals surface area (Å²) in [6, 6.07) is 1.17. The summed E-state index contributed by atoms with van der Waals surface area (Å²) in [5.74, 6) is -1.09. The molecule has 1 aromatic heterocycles. The van der Waals surface area contributed by atoms with Crippen LogP contribution in [0.4, 0.5) is 19.0 Å². The van der Waals surface area contributed by atoms with Gasteiger partial charge in [-0.15, -0.1) is 0 Å². The molecule has 0 spiro atoms. The number of anilines is 1. The molecule has 19 heavy (non-hydrogen) atoms. The van der Waals surface area contributed by atoms with Gasteiger partial charge in [0.1, 0.15) is 11.5 Å². The van der Waals surface area contributed by atoms with E-state index < -0.39 is 23.8 Å². The number of pyridine rings is 1. The first-order valence-electron chi connectivity index (χ1n) is 5.40. The standard InChI is InChI=1S/C11H14F3N3O2/c1-6(5-18)17(2)10-7(9(15)19)3-4-8(16-10)11(12,13)14/h3-4,6,18H,5H2,1-2H3,(H2,15,19). The monoisotopic (exact) mass is 277 g/mol. The van der Waals surface area contributed by atoms with Crippen molar-refractivity contribution in [2.24, 2.45) is 5.73 Å². The summed E-state index contributed by atoms with van der Waals surface area (Å²) in [5, 5.41) is 9.02. The minimum absolute atomic E-state index is 0.129. The molecule has 0 aliphatic heterocycles. The molecule has 1 aromatic rings. The quantitative estimate of drug-likeness (QED) is 0.861. The van der Waals surface area contributed by atoms with Gasteiger partial charge in [-0.25, -0.2) is 4.98 Å². The van der Waals surface area contributed by atoms with Crippen molar-refractivity contribution < 1.29 is 23.1 Å². The fraction of sp³-hybridized carbons (Fsp3) is 0.455. The number of halogens is 3. The molecule has 0 fully saturated rings. The zero-order chi connectivity index (χ0) is 14.8. The summed E-state index contributed by atoms with van der Waals surface area (Å²) in [6.07, 6.45) is -4.62. The van der Waals surface area contributed by atoms with E-state index in [4.69, 9.17) is 10.8 Å². The number of likely N-dealkylation sites (N-methyl/N-ethyl adjacent to an activating group) is 1. The molecule has 0 saturated carbocycles. The van der Waals surface area contributed by atoms with E-state index in [1.165, 1.54) is 11.9 Å². The van der Waals surface area contributed by atoms with E-state index in [1.54, 1.807) is 6.92 Å². The van der Waals surface area contributed by atoms with Crippen LogP contribution in [0.25, 0.3) is 0 Å². The highest BCUT2D eigenvalue weighted by molar-refractivity contribution is 5.97. The predicted molar refractivity (Wildman–Crippen MR) is 62.7 cm³/mol. The van der Waals surface area contributed by atoms with E-state index in [0.29, 0.717) is 6.07 Å². The number of nitrogens with two attached hydrogens (primary N) is 1. The first kappa shape index (κ1) is 15.2. The average Bonchev–Trinajstić information content (AvgIpc) is 2.34. The topological polar surface area (TPSA) is 79.4 Å². The number of rotatable bonds is 4. The van der Waals surface area contributed by atoms with Crippen LogP contribution in [0.2, 0.25) is 0 Å². The van der Waals surface area contributed by atoms with Crippen LogP contribution in [0, 0.1) is 0 Å². The van der Waals surface area contributed by atoms with Crippen molar-refractivity contribution >= 4 is 11.7 Å². The van der Waals surface area contributed by atoms with Crippen molar-refractivity contribution in [1.29, 1.82) is 0 Å². The Bertz CT molecular complexity index is 477. The van der Waals surface area contributed by atoms with Gasteiger partial charge in [-0.3, -0.25) is 4.79 Å². The maximum atomic E-state index is 12.6. The third-order valence-electron chi connectivity index (χ3n) is 2.69. The second-order valence-corrected chi connectivity index (χ2v) is 4.07. The van der Waals surface area contributed by atoms with Gasteiger partial charge in [0.15, 0.2) is 0 Å². The molecule has 0 saturated heterocycles. The number of carbonyl (C=O) groups is 1. The lowest BCUT2D eigenvalue weighted by atomic mass is 10.2. The molecule has 8 heteroatoms. The van der Waals surface area contributed by atoms with Crippen LogP contribution >= 0.6 is 0 Å². The molecule has 0 aliphatic carbocycles. The van der Waals surface area contributed by atoms with Crippen molar-refractivity contribution in [3.05, 3.63) is 23.4 Å². The van der Waals surface area contributed by atoms with Gasteiger partial charge in [0.25, 0.3) is 5.91 Å². The minimum Gasteiger partial charge on any atom is -0.394 e. The van der Waals surface area contributed by atoms with Gasteiger partial charge in [-0.05, 0) is 19.1 Å². The zero-order valence-corrected chi connectivity index (χ0v) is 10.4. The van der Waals surface area contributed by atoms with E-state index in [2.05, 4.69) is 4.98 Å². The minimum atomic E-state index is -4.62. The van der Waals surface area contributed by atoms with Crippen LogP contribution in [0.15, 0.2) is 12.1 Å². The zero-order valence-electron chi connectivity index (χ0n) is 10.4. The Kier molecular flexibility index (Phi) is 4.35. The highest BCUT2D eigenvalue weighted by atomic mass is 19.4. The fourth-order valence-corrected chi connectivity index (χ4v) is 1.40. The number of hydrogen-bond donors (Lipinski definition) is 2. The summed E-state index contributed by atoms with van der Waals surface area (Å²) < 4.78 is 37.8. The van der Waals surface area contributed by atoms with Crippen molar-refractivity contribution in [3.63, 3.8) is 0 Å². The number of alkyl halides is 3. The summed E-state index contributed by atoms with van der Waals surface area (Å²) in [6.45, 7) is 1.28. The molecule has 0 aliphatic rings. The second-order valence-electron chi connectivity index (χ2n) is 4.07. The number of aliphatic hydroxyl groups is 1. The molecule has 106 valence electrons. The number of hydrogen-bond acceptors (Lipinski definition) is 4. The van der Waals surface area contributed by atoms with Gasteiger partial charge < -0.3 is 15.7 Å². The second kappa shape index (κ2) is 5.43. The highest BCUT2D eigenvalue weighted by Gasteiger charge is 2.34. The molecule has 1 amide bonds. The number of aliphatic hydroxyl groups excluding tert-OH is 1. The van der Waals surface area contributed by atoms with Crippen LogP contribution in [-0.2, 0) is 6.18 Å². The van der Waals surface area contributed by atoms with Crippen molar-refractivity contribution in [1.82, 2.24) is 4.98 Å². The average molecular weight is 277 g/mol. The SMILES string of the molecule is CC(CO)N(C)c1nc(C(F)(F)F)ccc1C(N)=O. The fourth-order valence-electron chi connectivity index (χ4n) is 1.40. The number of aromatic nitrogens is 1. The van der Waals surface area contributed by atoms with Crippen LogP contribution in [-0.4, -0.2) is 35.7 Å². The van der Waals surface area contributed by atoms with Crippen LogP contribution in [0.1, 0.15) is 23.0 Å². The molecular formula is C11H14F3N3O2. The Hall–Kier alpha value is -1.83. The normalized spacial score (nSPS) is 13.2. The molecular weight excluding hydrogens is 263 g/mol. The van der Waals surface area contributed by atoms with Gasteiger partial charge >= 0.3 is 6.18 Å². The Morgan fingerprint density at radius 3 is 2.53 bits per heavy atom. The van der Waals surface area contributed by atoms with Gasteiger partial charge in [-0.1, -0.05) is 0 Å². The Labute approximate surface area is 107 Å². The first-order valence-corrected chi connectivity index (χ1v) is 5.40. The Balaban J connectivity index is 3.35. The van der Waals surface area contributed by atoms with Crippen LogP contribution in [0.5, 0.6) is 0 Å². The smallest absolute Gasteiger partial charge is 0.394 e. The van der Waals surface area contributed by atoms with Crippen molar-refractivity contribution in [3.8, 4) is 0 Å². The van der Waals surface area contributed by atoms with Crippen LogP contribution in [0.3, 0.4) is 0 Å².